The molecule has 0 radical (unpaired) electrons. The summed E-state index contributed by atoms with van der Waals surface area (Å²) in [5, 5.41) is 11.0. The average molecular weight is 147 g/mol. The molecule has 10 heavy (non-hydrogen) atoms. The van der Waals surface area contributed by atoms with Gasteiger partial charge in [0, 0.05) is 13.0 Å². The molecular weight excluding hydrogens is 137 g/mol. The number of halogens is 1. The van der Waals surface area contributed by atoms with Gasteiger partial charge in [0.25, 0.3) is 0 Å². The number of hydrogen-bond acceptors (Lipinski definition) is 2. The molecule has 0 aromatic heterocycles. The van der Waals surface area contributed by atoms with E-state index in [2.05, 4.69) is 5.32 Å². The van der Waals surface area contributed by atoms with Gasteiger partial charge in [0.1, 0.15) is 11.7 Å². The summed E-state index contributed by atoms with van der Waals surface area (Å²) in [5.41, 5.74) is -1.34. The third kappa shape index (κ3) is 1.44. The van der Waals surface area contributed by atoms with Crippen molar-refractivity contribution in [3.05, 3.63) is 0 Å². The van der Waals surface area contributed by atoms with Gasteiger partial charge in [-0.25, -0.2) is 4.39 Å². The highest BCUT2D eigenvalue weighted by Gasteiger charge is 2.38. The third-order valence-corrected chi connectivity index (χ3v) is 1.64. The van der Waals surface area contributed by atoms with Crippen LogP contribution in [-0.2, 0) is 4.79 Å². The molecule has 0 amide bonds. The van der Waals surface area contributed by atoms with E-state index in [1.165, 1.54) is 6.92 Å². The molecule has 0 unspecified atom stereocenters. The normalized spacial score (nSPS) is 40.0. The Morgan fingerprint density at radius 1 is 1.90 bits per heavy atom. The molecule has 0 aromatic rings. The maximum atomic E-state index is 12.9. The van der Waals surface area contributed by atoms with E-state index in [0.717, 1.165) is 0 Å². The van der Waals surface area contributed by atoms with Crippen LogP contribution in [0.25, 0.3) is 0 Å². The zero-order valence-corrected chi connectivity index (χ0v) is 5.72. The molecule has 1 aliphatic rings. The summed E-state index contributed by atoms with van der Waals surface area (Å²) in [6.45, 7) is 1.55. The predicted octanol–water partition coefficient (Wildman–Crippen LogP) is 0.161. The van der Waals surface area contributed by atoms with Gasteiger partial charge in [0.15, 0.2) is 0 Å². The summed E-state index contributed by atoms with van der Waals surface area (Å²) in [5.74, 6) is -0.971. The van der Waals surface area contributed by atoms with Crippen LogP contribution in [-0.4, -0.2) is 29.3 Å². The predicted molar refractivity (Wildman–Crippen MR) is 33.6 cm³/mol. The molecule has 3 nitrogen and oxygen atoms in total. The van der Waals surface area contributed by atoms with Crippen molar-refractivity contribution in [3.63, 3.8) is 0 Å². The minimum atomic E-state index is -1.34. The SMILES string of the molecule is C[C@@]1(F)CN[C@H](C(=O)O)C1. The van der Waals surface area contributed by atoms with Crippen molar-refractivity contribution in [3.8, 4) is 0 Å². The lowest BCUT2D eigenvalue weighted by molar-refractivity contribution is -0.139. The highest BCUT2D eigenvalue weighted by Crippen LogP contribution is 2.22. The Hall–Kier alpha value is -0.640. The van der Waals surface area contributed by atoms with Crippen LogP contribution >= 0.6 is 0 Å². The summed E-state index contributed by atoms with van der Waals surface area (Å²) >= 11 is 0. The highest BCUT2D eigenvalue weighted by atomic mass is 19.1. The summed E-state index contributed by atoms with van der Waals surface area (Å²) in [7, 11) is 0. The van der Waals surface area contributed by atoms with Crippen molar-refractivity contribution in [2.24, 2.45) is 0 Å². The van der Waals surface area contributed by atoms with Crippen LogP contribution in [0.4, 0.5) is 4.39 Å². The summed E-state index contributed by atoms with van der Waals surface area (Å²) in [6.07, 6.45) is 0.0718. The van der Waals surface area contributed by atoms with E-state index in [4.69, 9.17) is 5.11 Å². The van der Waals surface area contributed by atoms with Gasteiger partial charge in [-0.05, 0) is 6.92 Å². The second-order valence-corrected chi connectivity index (χ2v) is 2.89. The van der Waals surface area contributed by atoms with Gasteiger partial charge in [-0.15, -0.1) is 0 Å². The first kappa shape index (κ1) is 7.47. The smallest absolute Gasteiger partial charge is 0.320 e. The monoisotopic (exact) mass is 147 g/mol. The number of carboxylic acids is 1. The topological polar surface area (TPSA) is 49.3 Å². The Balaban J connectivity index is 2.51. The number of carboxylic acid groups (broad SMARTS) is 1. The number of rotatable bonds is 1. The number of carbonyl (C=O) groups is 1. The summed E-state index contributed by atoms with van der Waals surface area (Å²) in [6, 6.07) is -0.699. The van der Waals surface area contributed by atoms with Crippen LogP contribution in [0.15, 0.2) is 0 Å². The third-order valence-electron chi connectivity index (χ3n) is 1.64. The van der Waals surface area contributed by atoms with Crippen molar-refractivity contribution in [1.82, 2.24) is 5.32 Å². The van der Waals surface area contributed by atoms with Crippen molar-refractivity contribution in [2.45, 2.75) is 25.1 Å². The molecule has 0 bridgehead atoms. The van der Waals surface area contributed by atoms with Gasteiger partial charge in [0.05, 0.1) is 0 Å². The fraction of sp³-hybridized carbons (Fsp3) is 0.833. The lowest BCUT2D eigenvalue weighted by Gasteiger charge is -2.08. The molecule has 1 saturated heterocycles. The molecule has 4 heteroatoms. The highest BCUT2D eigenvalue weighted by molar-refractivity contribution is 5.74. The Kier molecular flexibility index (Phi) is 1.64. The second kappa shape index (κ2) is 2.20. The molecule has 0 saturated carbocycles. The van der Waals surface area contributed by atoms with E-state index in [9.17, 15) is 9.18 Å². The number of nitrogens with one attached hydrogen (secondary N) is 1. The Morgan fingerprint density at radius 3 is 2.70 bits per heavy atom. The van der Waals surface area contributed by atoms with Gasteiger partial charge < -0.3 is 10.4 Å². The number of alkyl halides is 1. The van der Waals surface area contributed by atoms with Crippen molar-refractivity contribution in [2.75, 3.05) is 6.54 Å². The molecule has 0 aliphatic carbocycles. The largest absolute Gasteiger partial charge is 0.480 e. The van der Waals surface area contributed by atoms with E-state index in [0.29, 0.717) is 0 Å². The summed E-state index contributed by atoms with van der Waals surface area (Å²) < 4.78 is 12.9. The fourth-order valence-electron chi connectivity index (χ4n) is 1.08. The van der Waals surface area contributed by atoms with E-state index >= 15 is 0 Å². The van der Waals surface area contributed by atoms with Crippen molar-refractivity contribution in [1.29, 1.82) is 0 Å². The maximum absolute atomic E-state index is 12.9. The fourth-order valence-corrected chi connectivity index (χ4v) is 1.08. The molecule has 1 fully saturated rings. The van der Waals surface area contributed by atoms with Crippen LogP contribution in [0.1, 0.15) is 13.3 Å². The first-order valence-electron chi connectivity index (χ1n) is 3.16. The first-order chi connectivity index (χ1) is 4.51. The standard InChI is InChI=1S/C6H10FNO2/c1-6(7)2-4(5(9)10)8-3-6/h4,8H,2-3H2,1H3,(H,9,10)/t4-,6-/m0/s1. The van der Waals surface area contributed by atoms with Crippen LogP contribution in [0.3, 0.4) is 0 Å². The van der Waals surface area contributed by atoms with Gasteiger partial charge in [-0.3, -0.25) is 4.79 Å². The lowest BCUT2D eigenvalue weighted by Crippen LogP contribution is -2.30. The zero-order valence-electron chi connectivity index (χ0n) is 5.72. The molecule has 0 aromatic carbocycles. The van der Waals surface area contributed by atoms with Gasteiger partial charge >= 0.3 is 5.97 Å². The minimum Gasteiger partial charge on any atom is -0.480 e. The van der Waals surface area contributed by atoms with E-state index in [1.54, 1.807) is 0 Å². The van der Waals surface area contributed by atoms with Crippen LogP contribution in [0.5, 0.6) is 0 Å². The van der Waals surface area contributed by atoms with Crippen LogP contribution in [0.2, 0.25) is 0 Å². The Morgan fingerprint density at radius 2 is 2.50 bits per heavy atom. The van der Waals surface area contributed by atoms with Crippen LogP contribution < -0.4 is 5.32 Å². The van der Waals surface area contributed by atoms with E-state index in [-0.39, 0.29) is 13.0 Å². The first-order valence-corrected chi connectivity index (χ1v) is 3.16. The molecule has 58 valence electrons. The molecule has 1 aliphatic heterocycles. The maximum Gasteiger partial charge on any atom is 0.320 e. The summed E-state index contributed by atoms with van der Waals surface area (Å²) in [4.78, 5) is 10.3. The Labute approximate surface area is 58.2 Å². The average Bonchev–Trinajstić information content (AvgIpc) is 2.10. The van der Waals surface area contributed by atoms with Crippen molar-refractivity contribution >= 4 is 5.97 Å². The number of hydrogen-bond donors (Lipinski definition) is 2. The molecule has 2 N–H and O–H groups in total. The van der Waals surface area contributed by atoms with Gasteiger partial charge in [-0.1, -0.05) is 0 Å². The molecule has 0 spiro atoms. The van der Waals surface area contributed by atoms with E-state index in [1.807, 2.05) is 0 Å². The Bertz CT molecular complexity index is 158. The van der Waals surface area contributed by atoms with Crippen LogP contribution in [0, 0.1) is 0 Å². The zero-order chi connectivity index (χ0) is 7.78. The second-order valence-electron chi connectivity index (χ2n) is 2.89. The van der Waals surface area contributed by atoms with Gasteiger partial charge in [0.2, 0.25) is 0 Å². The lowest BCUT2D eigenvalue weighted by atomic mass is 10.1. The van der Waals surface area contributed by atoms with Crippen molar-refractivity contribution < 1.29 is 14.3 Å². The van der Waals surface area contributed by atoms with Gasteiger partial charge in [-0.2, -0.15) is 0 Å². The molecule has 1 heterocycles. The molecular formula is C6H10FNO2. The molecule has 1 rings (SSSR count). The minimum absolute atomic E-state index is 0.0718. The molecule has 2 atom stereocenters. The van der Waals surface area contributed by atoms with E-state index < -0.39 is 17.7 Å². The number of aliphatic carboxylic acids is 1. The quantitative estimate of drug-likeness (QED) is 0.555.